The Hall–Kier alpha value is -2.99. The van der Waals surface area contributed by atoms with Crippen LogP contribution in [0.1, 0.15) is 77.2 Å². The van der Waals surface area contributed by atoms with Crippen LogP contribution in [0, 0.1) is 23.0 Å². The number of amides is 1. The molecule has 1 saturated carbocycles. The van der Waals surface area contributed by atoms with Gasteiger partial charge in [0.1, 0.15) is 17.8 Å². The number of carboxylic acid groups (broad SMARTS) is 1. The van der Waals surface area contributed by atoms with Crippen LogP contribution in [-0.4, -0.2) is 66.6 Å². The third-order valence-electron chi connectivity index (χ3n) is 7.53. The highest BCUT2D eigenvalue weighted by atomic mass is 28.3. The monoisotopic (exact) mass is 608 g/mol. The third-order valence-corrected chi connectivity index (χ3v) is 8.37. The van der Waals surface area contributed by atoms with E-state index in [1.165, 1.54) is 10.8 Å². The van der Waals surface area contributed by atoms with Crippen LogP contribution in [0.15, 0.2) is 17.1 Å². The summed E-state index contributed by atoms with van der Waals surface area (Å²) in [7, 11) is -1.45. The lowest BCUT2D eigenvalue weighted by Crippen LogP contribution is -2.43. The lowest BCUT2D eigenvalue weighted by Gasteiger charge is -2.37. The van der Waals surface area contributed by atoms with Gasteiger partial charge in [-0.25, -0.2) is 14.0 Å². The maximum atomic E-state index is 15.4. The smallest absolute Gasteiger partial charge is 0.410 e. The van der Waals surface area contributed by atoms with Gasteiger partial charge in [0, 0.05) is 24.7 Å². The Morgan fingerprint density at radius 2 is 1.79 bits per heavy atom. The zero-order chi connectivity index (χ0) is 31.3. The molecule has 1 aliphatic heterocycles. The number of carboxylic acids is 1. The first-order valence-corrected chi connectivity index (χ1v) is 17.2. The molecule has 3 atom stereocenters. The van der Waals surface area contributed by atoms with Crippen LogP contribution in [0.5, 0.6) is 5.75 Å². The average Bonchev–Trinajstić information content (AvgIpc) is 3.60. The van der Waals surface area contributed by atoms with Crippen molar-refractivity contribution >= 4 is 32.0 Å². The van der Waals surface area contributed by atoms with E-state index in [0.717, 1.165) is 6.07 Å². The Morgan fingerprint density at radius 3 is 2.31 bits per heavy atom. The van der Waals surface area contributed by atoms with Crippen molar-refractivity contribution in [3.8, 4) is 5.75 Å². The molecule has 1 N–H and O–H groups in total. The zero-order valence-electron chi connectivity index (χ0n) is 25.6. The molecule has 1 aliphatic carbocycles. The number of fused-ring (bicyclic) bond motifs is 1. The number of ether oxygens (including phenoxy) is 2. The minimum Gasteiger partial charge on any atom is -0.486 e. The second-order valence-electron chi connectivity index (χ2n) is 13.8. The van der Waals surface area contributed by atoms with Gasteiger partial charge in [-0.05, 0) is 64.6 Å². The predicted octanol–water partition coefficient (Wildman–Crippen LogP) is 5.73. The van der Waals surface area contributed by atoms with E-state index in [1.54, 1.807) is 25.7 Å². The first-order valence-electron chi connectivity index (χ1n) is 14.5. The molecule has 1 aromatic heterocycles. The topological polar surface area (TPSA) is 107 Å². The molecule has 2 aliphatic rings. The number of aromatic carboxylic acids is 1. The van der Waals surface area contributed by atoms with E-state index >= 15 is 4.39 Å². The molecule has 0 spiro atoms. The van der Waals surface area contributed by atoms with Crippen LogP contribution < -0.4 is 10.2 Å². The summed E-state index contributed by atoms with van der Waals surface area (Å²) in [6.45, 7) is 15.9. The SMILES string of the molecule is C[SiH](C)OC([C@H]1C[C@@H](COc2c(F)c(F)cc3c(=O)c(C(=O)O)cn(C4CC4)c23)N(C(=O)OC(C)(C)C)C1)C(C)(C)C. The summed E-state index contributed by atoms with van der Waals surface area (Å²) in [5, 5.41) is 9.29. The maximum Gasteiger partial charge on any atom is 0.410 e. The molecule has 2 aromatic rings. The van der Waals surface area contributed by atoms with Crippen LogP contribution in [0.2, 0.25) is 13.1 Å². The molecule has 2 fully saturated rings. The number of rotatable bonds is 8. The molecule has 0 bridgehead atoms. The summed E-state index contributed by atoms with van der Waals surface area (Å²) >= 11 is 0. The van der Waals surface area contributed by atoms with Crippen LogP contribution in [-0.2, 0) is 9.16 Å². The van der Waals surface area contributed by atoms with Gasteiger partial charge in [0.25, 0.3) is 0 Å². The van der Waals surface area contributed by atoms with Crippen molar-refractivity contribution in [3.05, 3.63) is 39.7 Å². The number of nitrogens with zero attached hydrogens (tertiary/aromatic N) is 2. The number of benzene rings is 1. The van der Waals surface area contributed by atoms with Gasteiger partial charge in [0.05, 0.1) is 23.0 Å². The fraction of sp³-hybridized carbons (Fsp3) is 0.633. The quantitative estimate of drug-likeness (QED) is 0.382. The van der Waals surface area contributed by atoms with Crippen LogP contribution in [0.4, 0.5) is 13.6 Å². The van der Waals surface area contributed by atoms with Gasteiger partial charge in [-0.3, -0.25) is 4.79 Å². The van der Waals surface area contributed by atoms with Gasteiger partial charge in [0.15, 0.2) is 20.6 Å². The first-order chi connectivity index (χ1) is 19.4. The van der Waals surface area contributed by atoms with Gasteiger partial charge < -0.3 is 28.5 Å². The van der Waals surface area contributed by atoms with Crippen molar-refractivity contribution in [3.63, 3.8) is 0 Å². The number of likely N-dealkylation sites (tertiary alicyclic amines) is 1. The molecule has 12 heteroatoms. The van der Waals surface area contributed by atoms with Crippen LogP contribution >= 0.6 is 0 Å². The van der Waals surface area contributed by atoms with Crippen molar-refractivity contribution in [2.75, 3.05) is 13.2 Å². The van der Waals surface area contributed by atoms with Crippen molar-refractivity contribution in [1.82, 2.24) is 9.47 Å². The fourth-order valence-electron chi connectivity index (χ4n) is 5.72. The first kappa shape index (κ1) is 31.9. The number of hydrogen-bond acceptors (Lipinski definition) is 6. The van der Waals surface area contributed by atoms with E-state index < -0.39 is 61.1 Å². The van der Waals surface area contributed by atoms with Crippen LogP contribution in [0.25, 0.3) is 10.9 Å². The zero-order valence-corrected chi connectivity index (χ0v) is 26.8. The Bertz CT molecular complexity index is 1430. The van der Waals surface area contributed by atoms with Crippen molar-refractivity contribution < 1.29 is 37.4 Å². The summed E-state index contributed by atoms with van der Waals surface area (Å²) in [4.78, 5) is 39.6. The molecule has 1 aromatic carbocycles. The van der Waals surface area contributed by atoms with E-state index in [1.807, 2.05) is 0 Å². The number of hydrogen-bond donors (Lipinski definition) is 1. The number of halogens is 2. The van der Waals surface area contributed by atoms with Crippen molar-refractivity contribution in [2.45, 2.75) is 97.7 Å². The molecular weight excluding hydrogens is 566 g/mol. The molecule has 1 unspecified atom stereocenters. The number of aromatic nitrogens is 1. The molecule has 0 radical (unpaired) electrons. The molecule has 42 heavy (non-hydrogen) atoms. The van der Waals surface area contributed by atoms with Gasteiger partial charge >= 0.3 is 12.1 Å². The Kier molecular flexibility index (Phi) is 8.81. The highest BCUT2D eigenvalue weighted by molar-refractivity contribution is 6.48. The van der Waals surface area contributed by atoms with E-state index in [9.17, 15) is 23.9 Å². The Labute approximate surface area is 246 Å². The van der Waals surface area contributed by atoms with Crippen molar-refractivity contribution in [2.24, 2.45) is 11.3 Å². The molecule has 2 heterocycles. The third kappa shape index (κ3) is 6.80. The Balaban J connectivity index is 1.74. The number of carbonyl (C=O) groups is 2. The van der Waals surface area contributed by atoms with E-state index in [4.69, 9.17) is 13.9 Å². The molecule has 9 nitrogen and oxygen atoms in total. The maximum absolute atomic E-state index is 15.4. The highest BCUT2D eigenvalue weighted by Crippen LogP contribution is 2.42. The second-order valence-corrected chi connectivity index (χ2v) is 16.1. The molecule has 232 valence electrons. The molecular formula is C30H42F2N2O7Si. The van der Waals surface area contributed by atoms with Gasteiger partial charge in [-0.2, -0.15) is 4.39 Å². The highest BCUT2D eigenvalue weighted by Gasteiger charge is 2.45. The summed E-state index contributed by atoms with van der Waals surface area (Å²) in [5.41, 5.74) is -2.41. The minimum atomic E-state index is -1.45. The van der Waals surface area contributed by atoms with Crippen molar-refractivity contribution in [1.29, 1.82) is 0 Å². The molecule has 1 amide bonds. The average molecular weight is 609 g/mol. The van der Waals surface area contributed by atoms with E-state index in [2.05, 4.69) is 33.9 Å². The van der Waals surface area contributed by atoms with Gasteiger partial charge in [-0.15, -0.1) is 0 Å². The number of carbonyl (C=O) groups excluding carboxylic acids is 1. The van der Waals surface area contributed by atoms with Gasteiger partial charge in [-0.1, -0.05) is 20.8 Å². The van der Waals surface area contributed by atoms with E-state index in [-0.39, 0.29) is 41.0 Å². The normalized spacial score (nSPS) is 20.3. The summed E-state index contributed by atoms with van der Waals surface area (Å²) < 4.78 is 49.8. The molecule has 1 saturated heterocycles. The van der Waals surface area contributed by atoms with E-state index in [0.29, 0.717) is 25.8 Å². The standard InChI is InChI=1S/C30H42F2N2O7Si/c1-29(2,3)26(41-42(7)8)16-11-18(34(13-16)28(38)40-30(4,5)6)15-39-25-22(32)21(31)12-19-23(25)33(17-9-10-17)14-20(24(19)35)27(36)37/h12,14,16-18,26,42H,9-11,13,15H2,1-8H3,(H,36,37)/t16-,18-,26?/m0/s1. The summed E-state index contributed by atoms with van der Waals surface area (Å²) in [6.07, 6.45) is 2.35. The summed E-state index contributed by atoms with van der Waals surface area (Å²) in [6, 6.07) is 0.00635. The Morgan fingerprint density at radius 1 is 1.14 bits per heavy atom. The lowest BCUT2D eigenvalue weighted by molar-refractivity contribution is 0.0134. The fourth-order valence-corrected chi connectivity index (χ4v) is 6.94. The minimum absolute atomic E-state index is 0.00599. The summed E-state index contributed by atoms with van der Waals surface area (Å²) in [5.74, 6) is -4.58. The second kappa shape index (κ2) is 11.6. The van der Waals surface area contributed by atoms with Crippen LogP contribution in [0.3, 0.4) is 0 Å². The number of pyridine rings is 1. The predicted molar refractivity (Wildman–Crippen MR) is 157 cm³/mol. The molecule has 4 rings (SSSR count). The van der Waals surface area contributed by atoms with Gasteiger partial charge in [0.2, 0.25) is 11.2 Å². The largest absolute Gasteiger partial charge is 0.486 e. The lowest BCUT2D eigenvalue weighted by atomic mass is 9.80.